The number of rotatable bonds is 6. The first-order chi connectivity index (χ1) is 11.7. The Kier molecular flexibility index (Phi) is 9.39. The van der Waals surface area contributed by atoms with Crippen LogP contribution in [0.3, 0.4) is 0 Å². The number of carbonyl (C=O) groups is 1. The molecule has 2 heterocycles. The first kappa shape index (κ1) is 24.7. The fraction of sp³-hybridized carbons (Fsp3) is 0.938. The molecule has 0 spiro atoms. The van der Waals surface area contributed by atoms with E-state index < -0.39 is 48.0 Å². The third-order valence-electron chi connectivity index (χ3n) is 4.67. The number of ether oxygens (including phenoxy) is 7. The summed E-state index contributed by atoms with van der Waals surface area (Å²) < 4.78 is 38.5. The SMILES string of the molecule is COC(=O)C1(OC)CC(OC)C([NH-])C(C(OC)C2COC(C)(C)O2)O1.[Ac]. The summed E-state index contributed by atoms with van der Waals surface area (Å²) in [5.41, 5.74) is 8.50. The van der Waals surface area contributed by atoms with Gasteiger partial charge in [0.2, 0.25) is 0 Å². The van der Waals surface area contributed by atoms with Gasteiger partial charge in [-0.25, -0.2) is 4.79 Å². The fourth-order valence-corrected chi connectivity index (χ4v) is 3.32. The number of hydrogen-bond donors (Lipinski definition) is 0. The molecule has 2 rings (SSSR count). The van der Waals surface area contributed by atoms with E-state index in [-0.39, 0.29) is 57.1 Å². The van der Waals surface area contributed by atoms with Crippen LogP contribution in [0.1, 0.15) is 20.3 Å². The molecule has 0 saturated carbocycles. The molecular formula is C16H28AcNO8-. The minimum Gasteiger partial charge on any atom is -0.670 e. The normalized spacial score (nSPS) is 37.7. The van der Waals surface area contributed by atoms with Crippen molar-refractivity contribution in [2.75, 3.05) is 35.0 Å². The summed E-state index contributed by atoms with van der Waals surface area (Å²) >= 11 is 0. The second-order valence-corrected chi connectivity index (χ2v) is 6.60. The Balaban J connectivity index is 0.00000338. The summed E-state index contributed by atoms with van der Waals surface area (Å²) in [7, 11) is 5.58. The summed E-state index contributed by atoms with van der Waals surface area (Å²) in [5.74, 6) is -3.11. The molecule has 0 aromatic heterocycles. The van der Waals surface area contributed by atoms with E-state index in [1.54, 1.807) is 13.8 Å². The number of methoxy groups -OCH3 is 4. The monoisotopic (exact) mass is 589 g/mol. The van der Waals surface area contributed by atoms with Crippen molar-refractivity contribution in [3.8, 4) is 0 Å². The summed E-state index contributed by atoms with van der Waals surface area (Å²) in [5, 5.41) is 0. The maximum Gasteiger partial charge on any atom is 0.366 e. The quantitative estimate of drug-likeness (QED) is 0.421. The Morgan fingerprint density at radius 2 is 1.85 bits per heavy atom. The van der Waals surface area contributed by atoms with Gasteiger partial charge in [0.25, 0.3) is 5.79 Å². The summed E-state index contributed by atoms with van der Waals surface area (Å²) in [6, 6.07) is -0.810. The molecule has 0 aromatic carbocycles. The van der Waals surface area contributed by atoms with E-state index in [2.05, 4.69) is 0 Å². The van der Waals surface area contributed by atoms with Crippen LogP contribution < -0.4 is 0 Å². The van der Waals surface area contributed by atoms with Crippen molar-refractivity contribution in [1.29, 1.82) is 0 Å². The predicted molar refractivity (Wildman–Crippen MR) is 85.9 cm³/mol. The molecule has 2 fully saturated rings. The number of hydrogen-bond acceptors (Lipinski definition) is 8. The van der Waals surface area contributed by atoms with E-state index in [1.165, 1.54) is 28.4 Å². The van der Waals surface area contributed by atoms with Crippen LogP contribution in [0.4, 0.5) is 0 Å². The first-order valence-corrected chi connectivity index (χ1v) is 8.13. The topological polar surface area (TPSA) is 105 Å². The van der Waals surface area contributed by atoms with Gasteiger partial charge in [-0.05, 0) is 13.8 Å². The van der Waals surface area contributed by atoms with Crippen LogP contribution >= 0.6 is 0 Å². The maximum atomic E-state index is 12.3. The number of carbonyl (C=O) groups excluding carboxylic acids is 1. The van der Waals surface area contributed by atoms with Crippen molar-refractivity contribution in [2.24, 2.45) is 0 Å². The molecular weight excluding hydrogens is 561 g/mol. The molecule has 6 unspecified atom stereocenters. The Labute approximate surface area is 190 Å². The number of esters is 1. The molecule has 1 radical (unpaired) electrons. The molecule has 0 aliphatic carbocycles. The van der Waals surface area contributed by atoms with E-state index >= 15 is 0 Å². The third-order valence-corrected chi connectivity index (χ3v) is 4.67. The van der Waals surface area contributed by atoms with Crippen LogP contribution in [0.5, 0.6) is 0 Å². The van der Waals surface area contributed by atoms with Crippen LogP contribution in [0, 0.1) is 44.1 Å². The summed E-state index contributed by atoms with van der Waals surface area (Å²) in [6.45, 7) is 3.88. The van der Waals surface area contributed by atoms with Crippen LogP contribution in [0.25, 0.3) is 5.73 Å². The zero-order chi connectivity index (χ0) is 18.8. The van der Waals surface area contributed by atoms with Gasteiger partial charge in [-0.2, -0.15) is 0 Å². The largest absolute Gasteiger partial charge is 0.670 e. The molecule has 6 atom stereocenters. The van der Waals surface area contributed by atoms with E-state index in [0.717, 1.165) is 0 Å². The molecule has 2 aliphatic rings. The third kappa shape index (κ3) is 4.97. The van der Waals surface area contributed by atoms with Gasteiger partial charge in [0.15, 0.2) is 5.79 Å². The molecule has 2 saturated heterocycles. The van der Waals surface area contributed by atoms with Crippen LogP contribution in [0.2, 0.25) is 0 Å². The van der Waals surface area contributed by atoms with Gasteiger partial charge in [0.1, 0.15) is 12.2 Å². The zero-order valence-corrected chi connectivity index (χ0v) is 20.9. The van der Waals surface area contributed by atoms with E-state index in [0.29, 0.717) is 0 Å². The van der Waals surface area contributed by atoms with Gasteiger partial charge in [0.05, 0.1) is 19.8 Å². The van der Waals surface area contributed by atoms with Crippen LogP contribution in [0.15, 0.2) is 0 Å². The van der Waals surface area contributed by atoms with Crippen molar-refractivity contribution in [3.05, 3.63) is 5.73 Å². The van der Waals surface area contributed by atoms with Gasteiger partial charge in [-0.3, -0.25) is 0 Å². The average molecular weight is 589 g/mol. The zero-order valence-electron chi connectivity index (χ0n) is 16.1. The minimum atomic E-state index is -1.66. The van der Waals surface area contributed by atoms with Crippen molar-refractivity contribution in [3.63, 3.8) is 0 Å². The molecule has 0 bridgehead atoms. The van der Waals surface area contributed by atoms with Gasteiger partial charge in [-0.1, -0.05) is 6.04 Å². The van der Waals surface area contributed by atoms with Gasteiger partial charge in [0, 0.05) is 77.9 Å². The average Bonchev–Trinajstić information content (AvgIpc) is 2.96. The Morgan fingerprint density at radius 1 is 1.19 bits per heavy atom. The molecule has 26 heavy (non-hydrogen) atoms. The fourth-order valence-electron chi connectivity index (χ4n) is 3.32. The second-order valence-electron chi connectivity index (χ2n) is 6.60. The van der Waals surface area contributed by atoms with Crippen LogP contribution in [-0.4, -0.2) is 83.0 Å². The maximum absolute atomic E-state index is 12.3. The molecule has 0 amide bonds. The molecule has 149 valence electrons. The number of nitrogens with one attached hydrogen (secondary N) is 1. The molecule has 0 aromatic rings. The predicted octanol–water partition coefficient (Wildman–Crippen LogP) is 0.893. The van der Waals surface area contributed by atoms with Crippen molar-refractivity contribution in [1.82, 2.24) is 0 Å². The van der Waals surface area contributed by atoms with Gasteiger partial charge in [-0.15, -0.1) is 0 Å². The van der Waals surface area contributed by atoms with Gasteiger partial charge >= 0.3 is 5.97 Å². The van der Waals surface area contributed by atoms with E-state index in [1.807, 2.05) is 0 Å². The van der Waals surface area contributed by atoms with E-state index in [4.69, 9.17) is 38.9 Å². The molecule has 9 nitrogen and oxygen atoms in total. The molecule has 2 aliphatic heterocycles. The smallest absolute Gasteiger partial charge is 0.366 e. The standard InChI is InChI=1S/C16H28NO8.Ac/c1-15(2)23-8-10(24-15)12(20-4)13-11(17)9(19-3)7-16(22-6,25-13)14(18)21-5;/h9-13,17H,7-8H2,1-6H3;/q-1;. The molecule has 10 heteroatoms. The van der Waals surface area contributed by atoms with Gasteiger partial charge < -0.3 is 38.9 Å². The second kappa shape index (κ2) is 9.90. The van der Waals surface area contributed by atoms with Crippen LogP contribution in [-0.2, 0) is 38.0 Å². The Bertz CT molecular complexity index is 479. The van der Waals surface area contributed by atoms with Crippen molar-refractivity contribution >= 4 is 5.97 Å². The Morgan fingerprint density at radius 3 is 2.27 bits per heavy atom. The van der Waals surface area contributed by atoms with Crippen molar-refractivity contribution in [2.45, 2.75) is 62.3 Å². The minimum absolute atomic E-state index is 0. The summed E-state index contributed by atoms with van der Waals surface area (Å²) in [4.78, 5) is 12.3. The van der Waals surface area contributed by atoms with E-state index in [9.17, 15) is 4.79 Å². The summed E-state index contributed by atoms with van der Waals surface area (Å²) in [6.07, 6.45) is -2.51. The Hall–Kier alpha value is 0.632. The first-order valence-electron chi connectivity index (χ1n) is 8.13. The van der Waals surface area contributed by atoms with Crippen molar-refractivity contribution < 1.29 is 82.0 Å². The molecule has 1 N–H and O–H groups in total.